The first kappa shape index (κ1) is 19.1. The van der Waals surface area contributed by atoms with Crippen LogP contribution in [0.1, 0.15) is 25.0 Å². The highest BCUT2D eigenvalue weighted by Gasteiger charge is 2.52. The molecule has 1 aromatic rings. The molecule has 134 valence electrons. The van der Waals surface area contributed by atoms with Gasteiger partial charge in [0.2, 0.25) is 5.91 Å². The Hall–Kier alpha value is -2.25. The van der Waals surface area contributed by atoms with Gasteiger partial charge in [0.05, 0.1) is 29.3 Å². The molecule has 0 bridgehead atoms. The van der Waals surface area contributed by atoms with Crippen molar-refractivity contribution in [1.82, 2.24) is 4.90 Å². The van der Waals surface area contributed by atoms with Crippen LogP contribution in [0.2, 0.25) is 0 Å². The van der Waals surface area contributed by atoms with Gasteiger partial charge in [-0.1, -0.05) is 0 Å². The molecule has 0 saturated carbocycles. The Kier molecular flexibility index (Phi) is 4.76. The Balaban J connectivity index is 2.53. The molecule has 2 rings (SSSR count). The van der Waals surface area contributed by atoms with Gasteiger partial charge in [0.1, 0.15) is 5.50 Å². The van der Waals surface area contributed by atoms with E-state index in [9.17, 15) is 22.8 Å². The zero-order valence-corrected chi connectivity index (χ0v) is 14.1. The molecule has 1 aliphatic heterocycles. The number of thiol groups is 1. The molecule has 1 heterocycles. The van der Waals surface area contributed by atoms with Gasteiger partial charge in [-0.2, -0.15) is 18.4 Å². The number of alkyl halides is 3. The monoisotopic (exact) mass is 373 g/mol. The average molecular weight is 373 g/mol. The molecule has 1 unspecified atom stereocenters. The van der Waals surface area contributed by atoms with Crippen LogP contribution in [0.4, 0.5) is 18.9 Å². The summed E-state index contributed by atoms with van der Waals surface area (Å²) in [5.74, 6) is -1.79. The third kappa shape index (κ3) is 3.29. The molecule has 10 heteroatoms. The molecule has 0 radical (unpaired) electrons. The number of rotatable bonds is 3. The Morgan fingerprint density at radius 1 is 1.44 bits per heavy atom. The van der Waals surface area contributed by atoms with E-state index in [2.05, 4.69) is 12.6 Å². The van der Waals surface area contributed by atoms with Crippen LogP contribution >= 0.6 is 12.6 Å². The summed E-state index contributed by atoms with van der Waals surface area (Å²) in [7, 11) is 0. The van der Waals surface area contributed by atoms with Crippen molar-refractivity contribution in [1.29, 1.82) is 5.26 Å². The van der Waals surface area contributed by atoms with Crippen molar-refractivity contribution in [3.8, 4) is 6.07 Å². The fourth-order valence-corrected chi connectivity index (χ4v) is 3.25. The number of nitrogens with zero attached hydrogens (tertiary/aromatic N) is 3. The maximum Gasteiger partial charge on any atom is 0.417 e. The molecule has 1 amide bonds. The van der Waals surface area contributed by atoms with Crippen molar-refractivity contribution in [3.05, 3.63) is 29.3 Å². The third-order valence-corrected chi connectivity index (χ3v) is 4.49. The number of benzene rings is 1. The molecule has 1 aromatic carbocycles. The topological polar surface area (TPSA) is 84.6 Å². The minimum Gasteiger partial charge on any atom is -0.480 e. The molecular formula is C15H14F3N3O3S. The predicted octanol–water partition coefficient (Wildman–Crippen LogP) is 2.30. The largest absolute Gasteiger partial charge is 0.480 e. The lowest BCUT2D eigenvalue weighted by Gasteiger charge is -2.29. The predicted molar refractivity (Wildman–Crippen MR) is 84.8 cm³/mol. The number of anilines is 1. The lowest BCUT2D eigenvalue weighted by molar-refractivity contribution is -0.140. The van der Waals surface area contributed by atoms with Gasteiger partial charge in [0, 0.05) is 5.69 Å². The number of amides is 1. The molecule has 1 N–H and O–H groups in total. The minimum absolute atomic E-state index is 0.114. The maximum absolute atomic E-state index is 13.1. The Labute approximate surface area is 146 Å². The van der Waals surface area contributed by atoms with Crippen molar-refractivity contribution in [2.45, 2.75) is 31.1 Å². The zero-order valence-electron chi connectivity index (χ0n) is 13.2. The Morgan fingerprint density at radius 3 is 2.52 bits per heavy atom. The molecule has 0 aliphatic carbocycles. The van der Waals surface area contributed by atoms with Crippen molar-refractivity contribution in [2.75, 3.05) is 11.4 Å². The molecule has 1 saturated heterocycles. The van der Waals surface area contributed by atoms with Crippen LogP contribution in [0.3, 0.4) is 0 Å². The number of halogens is 3. The van der Waals surface area contributed by atoms with E-state index in [0.717, 1.165) is 11.0 Å². The number of carboxylic acids is 1. The number of carbonyl (C=O) groups is 2. The van der Waals surface area contributed by atoms with Crippen LogP contribution < -0.4 is 4.90 Å². The van der Waals surface area contributed by atoms with Crippen molar-refractivity contribution in [2.24, 2.45) is 0 Å². The van der Waals surface area contributed by atoms with Crippen molar-refractivity contribution in [3.63, 3.8) is 0 Å². The van der Waals surface area contributed by atoms with Crippen LogP contribution in [-0.4, -0.2) is 39.5 Å². The van der Waals surface area contributed by atoms with E-state index in [1.54, 1.807) is 0 Å². The molecule has 0 spiro atoms. The highest BCUT2D eigenvalue weighted by molar-refractivity contribution is 7.81. The second-order valence-electron chi connectivity index (χ2n) is 5.94. The summed E-state index contributed by atoms with van der Waals surface area (Å²) in [6.07, 6.45) is -4.77. The first-order valence-corrected chi connectivity index (χ1v) is 7.54. The van der Waals surface area contributed by atoms with E-state index in [4.69, 9.17) is 10.4 Å². The second kappa shape index (κ2) is 6.24. The summed E-state index contributed by atoms with van der Waals surface area (Å²) >= 11 is 4.22. The van der Waals surface area contributed by atoms with E-state index in [0.29, 0.717) is 6.07 Å². The fourth-order valence-electron chi connectivity index (χ4n) is 2.64. The van der Waals surface area contributed by atoms with Gasteiger partial charge in [-0.05, 0) is 32.0 Å². The van der Waals surface area contributed by atoms with Gasteiger partial charge in [-0.3, -0.25) is 14.5 Å². The fraction of sp³-hybridized carbons (Fsp3) is 0.400. The number of hydrogen-bond donors (Lipinski definition) is 2. The van der Waals surface area contributed by atoms with E-state index >= 15 is 0 Å². The summed E-state index contributed by atoms with van der Waals surface area (Å²) in [5.41, 5.74) is -4.18. The van der Waals surface area contributed by atoms with E-state index in [1.807, 2.05) is 0 Å². The number of aliphatic carboxylic acids is 1. The van der Waals surface area contributed by atoms with E-state index in [1.165, 1.54) is 30.9 Å². The van der Waals surface area contributed by atoms with Gasteiger partial charge in [-0.25, -0.2) is 4.90 Å². The number of carbonyl (C=O) groups excluding carboxylic acids is 1. The number of hydrogen-bond acceptors (Lipinski definition) is 5. The lowest BCUT2D eigenvalue weighted by Crippen LogP contribution is -2.47. The summed E-state index contributed by atoms with van der Waals surface area (Å²) in [4.78, 5) is 25.9. The summed E-state index contributed by atoms with van der Waals surface area (Å²) in [5, 5.41) is 17.8. The third-order valence-electron chi connectivity index (χ3n) is 3.98. The molecule has 1 fully saturated rings. The van der Waals surface area contributed by atoms with Gasteiger partial charge >= 0.3 is 12.1 Å². The quantitative estimate of drug-likeness (QED) is 0.795. The average Bonchev–Trinajstić information content (AvgIpc) is 2.66. The van der Waals surface area contributed by atoms with Gasteiger partial charge in [-0.15, -0.1) is 12.6 Å². The zero-order chi connectivity index (χ0) is 19.2. The van der Waals surface area contributed by atoms with Crippen LogP contribution in [-0.2, 0) is 15.8 Å². The van der Waals surface area contributed by atoms with Crippen LogP contribution in [0, 0.1) is 11.3 Å². The Morgan fingerprint density at radius 2 is 2.04 bits per heavy atom. The molecule has 1 aliphatic rings. The minimum atomic E-state index is -4.77. The molecule has 0 aromatic heterocycles. The number of nitriles is 1. The maximum atomic E-state index is 13.1. The van der Waals surface area contributed by atoms with Crippen LogP contribution in [0.5, 0.6) is 0 Å². The molecule has 25 heavy (non-hydrogen) atoms. The lowest BCUT2D eigenvalue weighted by atomic mass is 10.0. The normalized spacial score (nSPS) is 20.6. The van der Waals surface area contributed by atoms with E-state index < -0.39 is 46.8 Å². The van der Waals surface area contributed by atoms with Crippen molar-refractivity contribution < 1.29 is 27.9 Å². The van der Waals surface area contributed by atoms with Crippen LogP contribution in [0.25, 0.3) is 0 Å². The van der Waals surface area contributed by atoms with Crippen molar-refractivity contribution >= 4 is 30.2 Å². The summed E-state index contributed by atoms with van der Waals surface area (Å²) in [6, 6.07) is 4.33. The van der Waals surface area contributed by atoms with Gasteiger partial charge in [0.15, 0.2) is 0 Å². The molecule has 6 nitrogen and oxygen atoms in total. The molecule has 1 atom stereocenters. The van der Waals surface area contributed by atoms with Gasteiger partial charge < -0.3 is 5.11 Å². The highest BCUT2D eigenvalue weighted by atomic mass is 32.1. The second-order valence-corrected chi connectivity index (χ2v) is 6.40. The van der Waals surface area contributed by atoms with Gasteiger partial charge in [0.25, 0.3) is 0 Å². The van der Waals surface area contributed by atoms with E-state index in [-0.39, 0.29) is 5.69 Å². The SMILES string of the molecule is CC1(C)C(=O)N(c2ccc(C#N)c(C(F)(F)F)c2)C(S)N1CC(=O)O. The van der Waals surface area contributed by atoms with Crippen LogP contribution in [0.15, 0.2) is 18.2 Å². The standard InChI is InChI=1S/C15H14F3N3O3S/c1-14(2)12(24)21(13(25)20(14)7-11(22)23)9-4-3-8(6-19)10(5-9)15(16,17)18/h3-5,13,25H,7H2,1-2H3,(H,22,23). The number of carboxylic acid groups (broad SMARTS) is 1. The summed E-state index contributed by atoms with van der Waals surface area (Å²) < 4.78 is 39.4. The molecular weight excluding hydrogens is 359 g/mol. The smallest absolute Gasteiger partial charge is 0.417 e. The Bertz CT molecular complexity index is 774. The summed E-state index contributed by atoms with van der Waals surface area (Å²) in [6.45, 7) is 2.43. The first-order valence-electron chi connectivity index (χ1n) is 7.03. The highest BCUT2D eigenvalue weighted by Crippen LogP contribution is 2.39. The first-order chi connectivity index (χ1) is 11.4.